The molecule has 0 radical (unpaired) electrons. The van der Waals surface area contributed by atoms with Crippen molar-refractivity contribution in [2.75, 3.05) is 45.2 Å². The maximum Gasteiger partial charge on any atom is 0.417 e. The van der Waals surface area contributed by atoms with E-state index < -0.39 is 26.7 Å². The molecule has 1 amide bonds. The van der Waals surface area contributed by atoms with Gasteiger partial charge in [-0.25, -0.2) is 8.42 Å². The number of piperazine rings is 1. The number of ether oxygens (including phenoxy) is 1. The summed E-state index contributed by atoms with van der Waals surface area (Å²) in [6.45, 7) is 0.272. The van der Waals surface area contributed by atoms with Crippen LogP contribution in [0.3, 0.4) is 0 Å². The minimum absolute atomic E-state index is 0.0251. The molecule has 12 heteroatoms. The van der Waals surface area contributed by atoms with E-state index in [1.807, 2.05) is 0 Å². The monoisotopic (exact) mass is 491 g/mol. The third-order valence-corrected chi connectivity index (χ3v) is 7.14. The molecular weight excluding hydrogens is 471 g/mol. The van der Waals surface area contributed by atoms with Gasteiger partial charge >= 0.3 is 6.18 Å². The van der Waals surface area contributed by atoms with Crippen LogP contribution in [0.2, 0.25) is 5.02 Å². The van der Waals surface area contributed by atoms with Gasteiger partial charge < -0.3 is 10.1 Å². The quantitative estimate of drug-likeness (QED) is 0.670. The second-order valence-corrected chi connectivity index (χ2v) is 9.41. The topological polar surface area (TPSA) is 79.0 Å². The average molecular weight is 492 g/mol. The summed E-state index contributed by atoms with van der Waals surface area (Å²) in [5.74, 6) is 0.0753. The highest BCUT2D eigenvalue weighted by Crippen LogP contribution is 2.35. The fourth-order valence-electron chi connectivity index (χ4n) is 3.36. The summed E-state index contributed by atoms with van der Waals surface area (Å²) in [4.78, 5) is 13.4. The Morgan fingerprint density at radius 2 is 1.78 bits per heavy atom. The lowest BCUT2D eigenvalue weighted by Gasteiger charge is -2.34. The van der Waals surface area contributed by atoms with Crippen LogP contribution >= 0.6 is 11.6 Å². The van der Waals surface area contributed by atoms with Crippen LogP contribution < -0.4 is 10.1 Å². The zero-order valence-electron chi connectivity index (χ0n) is 17.0. The lowest BCUT2D eigenvalue weighted by atomic mass is 10.2. The predicted molar refractivity (Wildman–Crippen MR) is 113 cm³/mol. The molecule has 2 aromatic rings. The fourth-order valence-corrected chi connectivity index (χ4v) is 5.17. The number of halogens is 4. The Kier molecular flexibility index (Phi) is 7.33. The van der Waals surface area contributed by atoms with Crippen LogP contribution in [-0.2, 0) is 21.0 Å². The van der Waals surface area contributed by atoms with Crippen molar-refractivity contribution >= 4 is 33.2 Å². The molecule has 1 saturated heterocycles. The highest BCUT2D eigenvalue weighted by molar-refractivity contribution is 7.89. The van der Waals surface area contributed by atoms with Crippen molar-refractivity contribution in [2.24, 2.45) is 0 Å². The number of amides is 1. The summed E-state index contributed by atoms with van der Waals surface area (Å²) < 4.78 is 71.6. The maximum absolute atomic E-state index is 13.3. The molecule has 0 atom stereocenters. The van der Waals surface area contributed by atoms with E-state index in [-0.39, 0.29) is 38.6 Å². The highest BCUT2D eigenvalue weighted by Gasteiger charge is 2.39. The van der Waals surface area contributed by atoms with Gasteiger partial charge in [-0.3, -0.25) is 9.69 Å². The number of benzene rings is 2. The van der Waals surface area contributed by atoms with E-state index in [0.29, 0.717) is 16.5 Å². The summed E-state index contributed by atoms with van der Waals surface area (Å²) >= 11 is 5.95. The first-order valence-electron chi connectivity index (χ1n) is 9.54. The van der Waals surface area contributed by atoms with Crippen molar-refractivity contribution < 1.29 is 31.1 Å². The molecule has 1 aliphatic heterocycles. The number of hydrogen-bond acceptors (Lipinski definition) is 5. The number of anilines is 1. The first kappa shape index (κ1) is 24.3. The predicted octanol–water partition coefficient (Wildman–Crippen LogP) is 3.31. The number of nitrogens with one attached hydrogen (secondary N) is 1. The largest absolute Gasteiger partial charge is 0.495 e. The van der Waals surface area contributed by atoms with Gasteiger partial charge in [0.15, 0.2) is 0 Å². The summed E-state index contributed by atoms with van der Waals surface area (Å²) in [6, 6.07) is 8.88. The van der Waals surface area contributed by atoms with Gasteiger partial charge in [0.2, 0.25) is 15.9 Å². The van der Waals surface area contributed by atoms with Gasteiger partial charge in [0, 0.05) is 31.2 Å². The van der Waals surface area contributed by atoms with Gasteiger partial charge in [0.1, 0.15) is 5.75 Å². The van der Waals surface area contributed by atoms with Crippen molar-refractivity contribution in [1.29, 1.82) is 0 Å². The second-order valence-electron chi connectivity index (χ2n) is 7.07. The Morgan fingerprint density at radius 3 is 2.41 bits per heavy atom. The Balaban J connectivity index is 1.63. The Morgan fingerprint density at radius 1 is 1.12 bits per heavy atom. The smallest absolute Gasteiger partial charge is 0.417 e. The molecule has 0 saturated carbocycles. The molecule has 1 heterocycles. The minimum atomic E-state index is -4.79. The molecule has 174 valence electrons. The number of methoxy groups -OCH3 is 1. The van der Waals surface area contributed by atoms with Crippen molar-refractivity contribution in [2.45, 2.75) is 11.1 Å². The second kappa shape index (κ2) is 9.65. The van der Waals surface area contributed by atoms with Crippen molar-refractivity contribution in [3.63, 3.8) is 0 Å². The van der Waals surface area contributed by atoms with E-state index in [0.717, 1.165) is 22.5 Å². The first-order chi connectivity index (χ1) is 15.0. The number of carbonyl (C=O) groups excluding carboxylic acids is 1. The number of alkyl halides is 3. The van der Waals surface area contributed by atoms with Crippen LogP contribution in [0.4, 0.5) is 18.9 Å². The van der Waals surface area contributed by atoms with Crippen LogP contribution in [0.25, 0.3) is 0 Å². The van der Waals surface area contributed by atoms with E-state index in [4.69, 9.17) is 16.3 Å². The van der Waals surface area contributed by atoms with Crippen LogP contribution in [0.1, 0.15) is 5.56 Å². The molecule has 0 unspecified atom stereocenters. The number of nitrogens with zero attached hydrogens (tertiary/aromatic N) is 2. The summed E-state index contributed by atoms with van der Waals surface area (Å²) in [6.07, 6.45) is -4.79. The molecule has 7 nitrogen and oxygen atoms in total. The molecule has 0 aromatic heterocycles. The molecule has 0 spiro atoms. The van der Waals surface area contributed by atoms with Gasteiger partial charge in [-0.05, 0) is 30.3 Å². The molecule has 3 rings (SSSR count). The Labute approximate surface area is 188 Å². The van der Waals surface area contributed by atoms with Crippen molar-refractivity contribution in [3.8, 4) is 5.75 Å². The molecule has 0 bridgehead atoms. The molecular formula is C20H21ClF3N3O4S. The molecule has 32 heavy (non-hydrogen) atoms. The van der Waals surface area contributed by atoms with Crippen LogP contribution in [0.5, 0.6) is 5.75 Å². The molecule has 1 fully saturated rings. The normalized spacial score (nSPS) is 16.0. The third kappa shape index (κ3) is 5.52. The van der Waals surface area contributed by atoms with E-state index in [1.165, 1.54) is 13.2 Å². The minimum Gasteiger partial charge on any atom is -0.495 e. The maximum atomic E-state index is 13.3. The lowest BCUT2D eigenvalue weighted by molar-refractivity contribution is -0.140. The van der Waals surface area contributed by atoms with Crippen LogP contribution in [0, 0.1) is 0 Å². The van der Waals surface area contributed by atoms with E-state index >= 15 is 0 Å². The SMILES string of the molecule is COc1ccc(Cl)cc1NC(=O)CN1CCN(S(=O)(=O)c2ccccc2C(F)(F)F)CC1. The molecule has 2 aromatic carbocycles. The summed E-state index contributed by atoms with van der Waals surface area (Å²) in [5.41, 5.74) is -0.799. The lowest BCUT2D eigenvalue weighted by Crippen LogP contribution is -2.50. The van der Waals surface area contributed by atoms with Gasteiger partial charge in [-0.2, -0.15) is 17.5 Å². The summed E-state index contributed by atoms with van der Waals surface area (Å²) in [7, 11) is -2.88. The fraction of sp³-hybridized carbons (Fsp3) is 0.350. The number of rotatable bonds is 6. The summed E-state index contributed by atoms with van der Waals surface area (Å²) in [5, 5.41) is 3.11. The molecule has 1 N–H and O–H groups in total. The van der Waals surface area contributed by atoms with Crippen LogP contribution in [-0.4, -0.2) is 63.4 Å². The standard InChI is InChI=1S/C20H21ClF3N3O4S/c1-31-17-7-6-14(21)12-16(17)25-19(28)13-26-8-10-27(11-9-26)32(29,30)18-5-3-2-4-15(18)20(22,23)24/h2-7,12H,8-11,13H2,1H3,(H,25,28). The van der Waals surface area contributed by atoms with Gasteiger partial charge in [-0.1, -0.05) is 23.7 Å². The number of carbonyl (C=O) groups is 1. The van der Waals surface area contributed by atoms with Gasteiger partial charge in [0.05, 0.1) is 29.8 Å². The first-order valence-corrected chi connectivity index (χ1v) is 11.4. The number of sulfonamides is 1. The molecule has 1 aliphatic rings. The average Bonchev–Trinajstić information content (AvgIpc) is 2.73. The molecule has 0 aliphatic carbocycles. The van der Waals surface area contributed by atoms with Crippen molar-refractivity contribution in [3.05, 3.63) is 53.1 Å². The number of hydrogen-bond donors (Lipinski definition) is 1. The zero-order valence-corrected chi connectivity index (χ0v) is 18.6. The Bertz CT molecular complexity index is 1090. The third-order valence-electron chi connectivity index (χ3n) is 4.94. The van der Waals surface area contributed by atoms with Gasteiger partial charge in [0.25, 0.3) is 0 Å². The van der Waals surface area contributed by atoms with Crippen LogP contribution in [0.15, 0.2) is 47.4 Å². The van der Waals surface area contributed by atoms with E-state index in [1.54, 1.807) is 23.1 Å². The van der Waals surface area contributed by atoms with Gasteiger partial charge in [-0.15, -0.1) is 0 Å². The van der Waals surface area contributed by atoms with E-state index in [2.05, 4.69) is 5.32 Å². The van der Waals surface area contributed by atoms with Crippen molar-refractivity contribution in [1.82, 2.24) is 9.21 Å². The Hall–Kier alpha value is -2.34. The van der Waals surface area contributed by atoms with E-state index in [9.17, 15) is 26.4 Å². The zero-order chi connectivity index (χ0) is 23.5. The highest BCUT2D eigenvalue weighted by atomic mass is 35.5.